The maximum absolute atomic E-state index is 12.9. The Balaban J connectivity index is 4.19. The molecule has 0 heterocycles. The van der Waals surface area contributed by atoms with Gasteiger partial charge in [-0.15, -0.1) is 0 Å². The summed E-state index contributed by atoms with van der Waals surface area (Å²) in [5.41, 5.74) is 0. The second-order valence-corrected chi connectivity index (χ2v) is 24.9. The summed E-state index contributed by atoms with van der Waals surface area (Å²) in [6.45, 7) is 6.68. The number of carbonyl (C=O) groups is 3. The van der Waals surface area contributed by atoms with Crippen LogP contribution in [0.25, 0.3) is 0 Å². The van der Waals surface area contributed by atoms with E-state index in [4.69, 9.17) is 14.2 Å². The predicted molar refractivity (Wildman–Crippen MR) is 358 cm³/mol. The van der Waals surface area contributed by atoms with Crippen molar-refractivity contribution < 1.29 is 28.6 Å². The van der Waals surface area contributed by atoms with E-state index in [2.05, 4.69) is 69.4 Å². The van der Waals surface area contributed by atoms with Gasteiger partial charge in [0.1, 0.15) is 13.2 Å². The largest absolute Gasteiger partial charge is 0.462 e. The third-order valence-electron chi connectivity index (χ3n) is 16.6. The van der Waals surface area contributed by atoms with Crippen molar-refractivity contribution in [3.63, 3.8) is 0 Å². The number of ether oxygens (including phenoxy) is 3. The summed E-state index contributed by atoms with van der Waals surface area (Å²) in [4.78, 5) is 38.5. The molecule has 0 radical (unpaired) electrons. The minimum absolute atomic E-state index is 0.0706. The van der Waals surface area contributed by atoms with E-state index in [1.54, 1.807) is 0 Å². The van der Waals surface area contributed by atoms with Gasteiger partial charge in [-0.25, -0.2) is 0 Å². The summed E-state index contributed by atoms with van der Waals surface area (Å²) in [7, 11) is 0. The highest BCUT2D eigenvalue weighted by molar-refractivity contribution is 5.71. The Kier molecular flexibility index (Phi) is 68.6. The molecule has 0 saturated heterocycles. The minimum Gasteiger partial charge on any atom is -0.462 e. The van der Waals surface area contributed by atoms with Gasteiger partial charge in [0, 0.05) is 19.3 Å². The number of hydrogen-bond donors (Lipinski definition) is 0. The van der Waals surface area contributed by atoms with Crippen LogP contribution in [0, 0.1) is 0 Å². The Labute approximate surface area is 511 Å². The molecule has 0 aliphatic heterocycles. The molecule has 6 nitrogen and oxygen atoms in total. The molecule has 0 aromatic rings. The topological polar surface area (TPSA) is 78.9 Å². The molecule has 0 fully saturated rings. The summed E-state index contributed by atoms with van der Waals surface area (Å²) in [5, 5.41) is 0. The predicted octanol–water partition coefficient (Wildman–Crippen LogP) is 25.3. The minimum atomic E-state index is -0.775. The van der Waals surface area contributed by atoms with E-state index >= 15 is 0 Å². The summed E-state index contributed by atoms with van der Waals surface area (Å²) in [5.74, 6) is -0.849. The molecule has 82 heavy (non-hydrogen) atoms. The Bertz CT molecular complexity index is 1410. The Morgan fingerprint density at radius 2 is 0.439 bits per heavy atom. The van der Waals surface area contributed by atoms with Gasteiger partial charge in [-0.05, 0) is 83.5 Å². The highest BCUT2D eigenvalue weighted by Crippen LogP contribution is 2.18. The average Bonchev–Trinajstić information content (AvgIpc) is 3.47. The van der Waals surface area contributed by atoms with Gasteiger partial charge < -0.3 is 14.2 Å². The van der Waals surface area contributed by atoms with Crippen LogP contribution in [0.1, 0.15) is 400 Å². The molecule has 0 spiro atoms. The summed E-state index contributed by atoms with van der Waals surface area (Å²) in [6, 6.07) is 0. The molecule has 0 bridgehead atoms. The normalized spacial score (nSPS) is 12.3. The van der Waals surface area contributed by atoms with Crippen molar-refractivity contribution in [1.82, 2.24) is 0 Å². The van der Waals surface area contributed by atoms with Crippen LogP contribution in [0.5, 0.6) is 0 Å². The molecule has 0 amide bonds. The monoisotopic (exact) mass is 1150 g/mol. The van der Waals surface area contributed by atoms with Crippen LogP contribution in [0.15, 0.2) is 48.6 Å². The second kappa shape index (κ2) is 70.9. The highest BCUT2D eigenvalue weighted by Gasteiger charge is 2.19. The molecule has 0 saturated carbocycles. The lowest BCUT2D eigenvalue weighted by molar-refractivity contribution is -0.167. The fourth-order valence-corrected chi connectivity index (χ4v) is 11.0. The van der Waals surface area contributed by atoms with Gasteiger partial charge in [-0.1, -0.05) is 345 Å². The summed E-state index contributed by atoms with van der Waals surface area (Å²) >= 11 is 0. The van der Waals surface area contributed by atoms with E-state index in [1.165, 1.54) is 283 Å². The summed E-state index contributed by atoms with van der Waals surface area (Å²) in [6.07, 6.45) is 90.0. The molecule has 480 valence electrons. The van der Waals surface area contributed by atoms with E-state index in [0.29, 0.717) is 19.3 Å². The molecule has 6 heteroatoms. The Morgan fingerprint density at radius 1 is 0.244 bits per heavy atom. The molecule has 0 aliphatic carbocycles. The van der Waals surface area contributed by atoms with Crippen LogP contribution in [0.2, 0.25) is 0 Å². The Morgan fingerprint density at radius 3 is 0.683 bits per heavy atom. The van der Waals surface area contributed by atoms with E-state index in [1.807, 2.05) is 0 Å². The molecular formula is C76H140O6. The smallest absolute Gasteiger partial charge is 0.306 e. The Hall–Kier alpha value is -2.63. The van der Waals surface area contributed by atoms with Gasteiger partial charge in [0.05, 0.1) is 0 Å². The molecule has 0 aromatic carbocycles. The lowest BCUT2D eigenvalue weighted by atomic mass is 10.0. The van der Waals surface area contributed by atoms with Crippen molar-refractivity contribution in [2.24, 2.45) is 0 Å². The average molecular weight is 1150 g/mol. The molecule has 0 aromatic heterocycles. The fraction of sp³-hybridized carbons (Fsp3) is 0.855. The number of rotatable bonds is 68. The van der Waals surface area contributed by atoms with E-state index in [0.717, 1.165) is 77.0 Å². The van der Waals surface area contributed by atoms with E-state index in [9.17, 15) is 14.4 Å². The van der Waals surface area contributed by atoms with Gasteiger partial charge in [0.25, 0.3) is 0 Å². The van der Waals surface area contributed by atoms with Crippen molar-refractivity contribution in [1.29, 1.82) is 0 Å². The zero-order valence-corrected chi connectivity index (χ0v) is 55.3. The van der Waals surface area contributed by atoms with E-state index < -0.39 is 6.10 Å². The highest BCUT2D eigenvalue weighted by atomic mass is 16.6. The number of esters is 3. The fourth-order valence-electron chi connectivity index (χ4n) is 11.0. The number of hydrogen-bond acceptors (Lipinski definition) is 6. The van der Waals surface area contributed by atoms with Crippen molar-refractivity contribution >= 4 is 17.9 Å². The maximum atomic E-state index is 12.9. The van der Waals surface area contributed by atoms with E-state index in [-0.39, 0.29) is 31.1 Å². The van der Waals surface area contributed by atoms with Crippen LogP contribution in [0.3, 0.4) is 0 Å². The van der Waals surface area contributed by atoms with Gasteiger partial charge in [0.2, 0.25) is 0 Å². The van der Waals surface area contributed by atoms with Crippen LogP contribution in [-0.4, -0.2) is 37.2 Å². The van der Waals surface area contributed by atoms with Gasteiger partial charge >= 0.3 is 17.9 Å². The lowest BCUT2D eigenvalue weighted by Crippen LogP contribution is -2.30. The third kappa shape index (κ3) is 68.2. The zero-order chi connectivity index (χ0) is 59.2. The van der Waals surface area contributed by atoms with Crippen molar-refractivity contribution in [2.75, 3.05) is 13.2 Å². The van der Waals surface area contributed by atoms with Crippen LogP contribution in [0.4, 0.5) is 0 Å². The van der Waals surface area contributed by atoms with Crippen LogP contribution in [-0.2, 0) is 28.6 Å². The first-order chi connectivity index (χ1) is 40.5. The second-order valence-electron chi connectivity index (χ2n) is 24.9. The van der Waals surface area contributed by atoms with Gasteiger partial charge in [-0.3, -0.25) is 14.4 Å². The molecule has 0 N–H and O–H groups in total. The maximum Gasteiger partial charge on any atom is 0.306 e. The van der Waals surface area contributed by atoms with Crippen molar-refractivity contribution in [3.8, 4) is 0 Å². The molecular weight excluding hydrogens is 1010 g/mol. The third-order valence-corrected chi connectivity index (χ3v) is 16.6. The SMILES string of the molecule is CCCCCC/C=C\C/C=C\CCCCCCCCCC(=O)OC(COC(=O)CCCCCCCCCCCCCCCCC)COC(=O)CCCCCCCCCCCCCCCCCCCCC/C=C\C/C=C\CCCCCCC. The molecule has 1 unspecified atom stereocenters. The van der Waals surface area contributed by atoms with Crippen molar-refractivity contribution in [3.05, 3.63) is 48.6 Å². The van der Waals surface area contributed by atoms with Crippen molar-refractivity contribution in [2.45, 2.75) is 406 Å². The van der Waals surface area contributed by atoms with Gasteiger partial charge in [0.15, 0.2) is 6.10 Å². The standard InChI is InChI=1S/C76H140O6/c1-4-7-10-13-16-19-22-25-28-30-32-33-34-35-36-37-38-39-40-41-42-43-44-46-48-51-54-57-60-63-66-69-75(78)81-72-73(71-80-74(77)68-65-62-59-56-53-50-47-27-24-21-18-15-12-9-6-3)82-76(79)70-67-64-61-58-55-52-49-45-31-29-26-23-20-17-14-11-8-5-2/h20,22-23,25,29-32,73H,4-19,21,24,26-28,33-72H2,1-3H3/b23-20-,25-22-,31-29-,32-30-. The van der Waals surface area contributed by atoms with Crippen LogP contribution >= 0.6 is 0 Å². The van der Waals surface area contributed by atoms with Gasteiger partial charge in [-0.2, -0.15) is 0 Å². The first-order valence-corrected chi connectivity index (χ1v) is 36.6. The first-order valence-electron chi connectivity index (χ1n) is 36.6. The molecule has 0 rings (SSSR count). The summed E-state index contributed by atoms with van der Waals surface area (Å²) < 4.78 is 17.0. The number of allylic oxidation sites excluding steroid dienone is 8. The lowest BCUT2D eigenvalue weighted by Gasteiger charge is -2.18. The molecule has 1 atom stereocenters. The number of carbonyl (C=O) groups excluding carboxylic acids is 3. The van der Waals surface area contributed by atoms with Crippen LogP contribution < -0.4 is 0 Å². The molecule has 0 aliphatic rings. The zero-order valence-electron chi connectivity index (χ0n) is 55.3. The number of unbranched alkanes of at least 4 members (excludes halogenated alkanes) is 49. The first kappa shape index (κ1) is 79.4. The quantitative estimate of drug-likeness (QED) is 0.0261.